The van der Waals surface area contributed by atoms with E-state index in [-0.39, 0.29) is 32.0 Å². The van der Waals surface area contributed by atoms with Crippen LogP contribution in [-0.4, -0.2) is 70.0 Å². The maximum Gasteiger partial charge on any atom is 0.306 e. The number of esters is 2. The number of quaternary nitrogens is 1. The fourth-order valence-electron chi connectivity index (χ4n) is 10.4. The van der Waals surface area contributed by atoms with Crippen molar-refractivity contribution in [1.82, 2.24) is 0 Å². The van der Waals surface area contributed by atoms with Crippen LogP contribution in [0.4, 0.5) is 0 Å². The van der Waals surface area contributed by atoms with Crippen molar-refractivity contribution in [3.63, 3.8) is 0 Å². The number of unbranched alkanes of at least 4 members (excludes halogenated alkanes) is 33. The number of likely N-dealkylation sites (N-methyl/N-ethyl adjacent to an activating group) is 1. The normalized spacial score (nSPS) is 13.8. The summed E-state index contributed by atoms with van der Waals surface area (Å²) in [4.78, 5) is 38.1. The first-order valence-electron chi connectivity index (χ1n) is 37.9. The van der Waals surface area contributed by atoms with E-state index in [0.29, 0.717) is 17.4 Å². The summed E-state index contributed by atoms with van der Waals surface area (Å²) in [5, 5.41) is 0. The molecule has 528 valence electrons. The summed E-state index contributed by atoms with van der Waals surface area (Å²) in [5.74, 6) is -0.830. The Morgan fingerprint density at radius 1 is 0.348 bits per heavy atom. The minimum atomic E-state index is -4.65. The Morgan fingerprint density at radius 3 is 0.924 bits per heavy atom. The Hall–Kier alpha value is -3.85. The maximum atomic E-state index is 12.9. The van der Waals surface area contributed by atoms with Crippen molar-refractivity contribution >= 4 is 19.8 Å². The molecule has 10 heteroatoms. The van der Waals surface area contributed by atoms with Crippen LogP contribution in [0.3, 0.4) is 0 Å². The summed E-state index contributed by atoms with van der Waals surface area (Å²) in [7, 11) is 1.16. The number of nitrogens with zero attached hydrogens (tertiary/aromatic N) is 1. The van der Waals surface area contributed by atoms with Crippen molar-refractivity contribution < 1.29 is 42.1 Å². The minimum Gasteiger partial charge on any atom is -0.756 e. The molecule has 0 N–H and O–H groups in total. The Kier molecular flexibility index (Phi) is 68.5. The molecule has 92 heavy (non-hydrogen) atoms. The molecule has 2 atom stereocenters. The van der Waals surface area contributed by atoms with Gasteiger partial charge in [-0.05, 0) is 116 Å². The number of carbonyl (C=O) groups is 2. The van der Waals surface area contributed by atoms with E-state index in [1.807, 2.05) is 21.1 Å². The van der Waals surface area contributed by atoms with Crippen LogP contribution in [0, 0.1) is 0 Å². The molecule has 0 aromatic rings. The SMILES string of the molecule is CC/C=C\C/C=C\C/C=C\C/C=C\C/C=C\C/C=C\C/C=C\C/C=C\CCCCCCCCCCCCCCCCC(=O)OC(COC(=O)CCCCCCCCCCCCCCCC/C=C\C/C=C\C/C=C\CCCCCCC)COP(=O)([O-])OCC[N+](C)(C)C. The number of ether oxygens (including phenoxy) is 2. The highest BCUT2D eigenvalue weighted by Crippen LogP contribution is 2.38. The fourth-order valence-corrected chi connectivity index (χ4v) is 11.1. The van der Waals surface area contributed by atoms with Crippen LogP contribution in [0.5, 0.6) is 0 Å². The Bertz CT molecular complexity index is 2020. The molecule has 0 aliphatic carbocycles. The number of rotatable bonds is 69. The predicted molar refractivity (Wildman–Crippen MR) is 397 cm³/mol. The van der Waals surface area contributed by atoms with Crippen LogP contribution >= 0.6 is 7.82 Å². The van der Waals surface area contributed by atoms with E-state index >= 15 is 0 Å². The molecule has 0 saturated carbocycles. The molecule has 0 amide bonds. The van der Waals surface area contributed by atoms with Gasteiger partial charge in [-0.1, -0.05) is 327 Å². The summed E-state index contributed by atoms with van der Waals surface area (Å²) in [6.07, 6.45) is 104. The molecule has 0 saturated heterocycles. The van der Waals surface area contributed by atoms with Crippen LogP contribution in [0.2, 0.25) is 0 Å². The van der Waals surface area contributed by atoms with Gasteiger partial charge in [0.05, 0.1) is 27.7 Å². The predicted octanol–water partition coefficient (Wildman–Crippen LogP) is 24.5. The van der Waals surface area contributed by atoms with Crippen LogP contribution in [-0.2, 0) is 32.7 Å². The van der Waals surface area contributed by atoms with E-state index in [9.17, 15) is 19.0 Å². The summed E-state index contributed by atoms with van der Waals surface area (Å²) >= 11 is 0. The van der Waals surface area contributed by atoms with Gasteiger partial charge in [0.25, 0.3) is 7.82 Å². The average Bonchev–Trinajstić information content (AvgIpc) is 2.14. The monoisotopic (exact) mass is 1300 g/mol. The molecular formula is C82H142NO8P. The third kappa shape index (κ3) is 75.2. The summed E-state index contributed by atoms with van der Waals surface area (Å²) in [5.41, 5.74) is 0. The topological polar surface area (TPSA) is 111 Å². The third-order valence-corrected chi connectivity index (χ3v) is 17.1. The summed E-state index contributed by atoms with van der Waals surface area (Å²) < 4.78 is 34.4. The number of hydrogen-bond donors (Lipinski definition) is 0. The molecule has 0 rings (SSSR count). The van der Waals surface area contributed by atoms with Crippen LogP contribution in [0.15, 0.2) is 134 Å². The smallest absolute Gasteiger partial charge is 0.306 e. The quantitative estimate of drug-likeness (QED) is 0.0195. The Morgan fingerprint density at radius 2 is 0.620 bits per heavy atom. The average molecular weight is 1300 g/mol. The molecule has 0 radical (unpaired) electrons. The van der Waals surface area contributed by atoms with Gasteiger partial charge in [-0.25, -0.2) is 0 Å². The van der Waals surface area contributed by atoms with Crippen LogP contribution < -0.4 is 4.89 Å². The van der Waals surface area contributed by atoms with Gasteiger partial charge in [0, 0.05) is 12.8 Å². The van der Waals surface area contributed by atoms with E-state index < -0.39 is 26.5 Å². The van der Waals surface area contributed by atoms with Gasteiger partial charge in [-0.15, -0.1) is 0 Å². The van der Waals surface area contributed by atoms with Crippen molar-refractivity contribution in [3.8, 4) is 0 Å². The van der Waals surface area contributed by atoms with Crippen molar-refractivity contribution in [1.29, 1.82) is 0 Å². The van der Waals surface area contributed by atoms with E-state index in [2.05, 4.69) is 148 Å². The van der Waals surface area contributed by atoms with Crippen LogP contribution in [0.1, 0.15) is 322 Å². The van der Waals surface area contributed by atoms with Gasteiger partial charge in [0.2, 0.25) is 0 Å². The van der Waals surface area contributed by atoms with Crippen molar-refractivity contribution in [2.24, 2.45) is 0 Å². The molecule has 2 unspecified atom stereocenters. The lowest BCUT2D eigenvalue weighted by atomic mass is 10.0. The lowest BCUT2D eigenvalue weighted by Crippen LogP contribution is -2.37. The van der Waals surface area contributed by atoms with Crippen molar-refractivity contribution in [3.05, 3.63) is 134 Å². The van der Waals surface area contributed by atoms with Crippen molar-refractivity contribution in [2.75, 3.05) is 47.5 Å². The molecule has 9 nitrogen and oxygen atoms in total. The number of phosphoric ester groups is 1. The van der Waals surface area contributed by atoms with Crippen LogP contribution in [0.25, 0.3) is 0 Å². The standard InChI is InChI=1S/C82H142NO8P/c1-6-8-10-12-14-16-18-20-22-24-26-28-30-32-34-36-37-38-39-40-41-42-43-44-45-47-49-51-53-55-57-59-61-63-65-67-69-71-73-75-82(85)91-80(79-90-92(86,87)89-77-76-83(3,4)5)78-88-81(84)74-72-70-68-66-64-62-60-58-56-54-52-50-48-46-35-33-31-29-27-25-23-21-19-17-15-13-11-9-7-2/h8,10,14,16,19-22,25-28,31-34,37-38,40-41,43-44,80H,6-7,9,11-13,15,17-18,23-24,29-30,35-36,39,42,45-79H2,1-5H3/b10-8-,16-14-,21-19-,22-20-,27-25-,28-26-,33-31-,34-32-,38-37-,41-40-,44-43-. The highest BCUT2D eigenvalue weighted by atomic mass is 31.2. The first-order chi connectivity index (χ1) is 45.0. The highest BCUT2D eigenvalue weighted by molar-refractivity contribution is 7.45. The zero-order valence-electron chi connectivity index (χ0n) is 60.2. The lowest BCUT2D eigenvalue weighted by Gasteiger charge is -2.28. The van der Waals surface area contributed by atoms with Gasteiger partial charge in [0.15, 0.2) is 6.10 Å². The highest BCUT2D eigenvalue weighted by Gasteiger charge is 2.22. The second-order valence-corrected chi connectivity index (χ2v) is 27.7. The number of carbonyl (C=O) groups excluding carboxylic acids is 2. The molecule has 0 bridgehead atoms. The van der Waals surface area contributed by atoms with Gasteiger partial charge in [0.1, 0.15) is 19.8 Å². The first kappa shape index (κ1) is 88.2. The number of hydrogen-bond acceptors (Lipinski definition) is 8. The zero-order valence-corrected chi connectivity index (χ0v) is 61.1. The van der Waals surface area contributed by atoms with E-state index in [1.54, 1.807) is 0 Å². The molecular weight excluding hydrogens is 1160 g/mol. The van der Waals surface area contributed by atoms with Gasteiger partial charge in [-0.2, -0.15) is 0 Å². The fraction of sp³-hybridized carbons (Fsp3) is 0.707. The second-order valence-electron chi connectivity index (χ2n) is 26.3. The number of allylic oxidation sites excluding steroid dienone is 22. The molecule has 0 aliphatic heterocycles. The molecule has 0 fully saturated rings. The number of phosphoric acid groups is 1. The van der Waals surface area contributed by atoms with Gasteiger partial charge < -0.3 is 27.9 Å². The molecule has 0 aromatic carbocycles. The zero-order chi connectivity index (χ0) is 66.9. The third-order valence-electron chi connectivity index (χ3n) is 16.2. The van der Waals surface area contributed by atoms with Gasteiger partial charge >= 0.3 is 11.9 Å². The Labute approximate surface area is 568 Å². The largest absolute Gasteiger partial charge is 0.756 e. The van der Waals surface area contributed by atoms with E-state index in [4.69, 9.17) is 18.5 Å². The molecule has 0 spiro atoms. The molecule has 0 aliphatic rings. The minimum absolute atomic E-state index is 0.0351. The van der Waals surface area contributed by atoms with E-state index in [0.717, 1.165) is 103 Å². The second kappa shape index (κ2) is 71.4. The van der Waals surface area contributed by atoms with Crippen molar-refractivity contribution in [2.45, 2.75) is 328 Å². The summed E-state index contributed by atoms with van der Waals surface area (Å²) in [6, 6.07) is 0. The lowest BCUT2D eigenvalue weighted by molar-refractivity contribution is -0.870. The molecule has 0 heterocycles. The maximum absolute atomic E-state index is 12.9. The summed E-state index contributed by atoms with van der Waals surface area (Å²) in [6.45, 7) is 4.14. The van der Waals surface area contributed by atoms with Gasteiger partial charge in [-0.3, -0.25) is 14.2 Å². The first-order valence-corrected chi connectivity index (χ1v) is 39.4. The Balaban J connectivity index is 4.03. The van der Waals surface area contributed by atoms with E-state index in [1.165, 1.54) is 186 Å². The molecule has 0 aromatic heterocycles.